The van der Waals surface area contributed by atoms with Gasteiger partial charge in [0.2, 0.25) is 0 Å². The molecule has 0 bridgehead atoms. The zero-order chi connectivity index (χ0) is 16.9. The van der Waals surface area contributed by atoms with E-state index in [2.05, 4.69) is 26.9 Å². The summed E-state index contributed by atoms with van der Waals surface area (Å²) in [5.41, 5.74) is 0.918. The molecule has 2 aromatic heterocycles. The topological polar surface area (TPSA) is 80.8 Å². The standard InChI is InChI=1S/C18H20N4O2/c1-3-7-15-19-11-13-17(20-15)21-16(22-18(13)23)12-8-5-6-9-14(12)24-10-4-2/h5-6,8-9,11H,3-4,7,10H2,1-2H3,(H,19,20,21,22,23). The summed E-state index contributed by atoms with van der Waals surface area (Å²) in [6, 6.07) is 7.54. The third-order valence-electron chi connectivity index (χ3n) is 3.59. The maximum Gasteiger partial charge on any atom is 0.262 e. The fourth-order valence-electron chi connectivity index (χ4n) is 2.43. The summed E-state index contributed by atoms with van der Waals surface area (Å²) in [6.45, 7) is 4.72. The molecule has 0 amide bonds. The van der Waals surface area contributed by atoms with Crippen LogP contribution in [-0.4, -0.2) is 26.5 Å². The van der Waals surface area contributed by atoms with Gasteiger partial charge in [-0.2, -0.15) is 0 Å². The van der Waals surface area contributed by atoms with E-state index in [1.54, 1.807) is 6.20 Å². The summed E-state index contributed by atoms with van der Waals surface area (Å²) in [5, 5.41) is 0.394. The number of nitrogens with one attached hydrogen (secondary N) is 1. The molecule has 24 heavy (non-hydrogen) atoms. The van der Waals surface area contributed by atoms with E-state index < -0.39 is 0 Å². The molecule has 1 N–H and O–H groups in total. The number of hydrogen-bond acceptors (Lipinski definition) is 5. The van der Waals surface area contributed by atoms with E-state index in [1.807, 2.05) is 31.2 Å². The van der Waals surface area contributed by atoms with Crippen molar-refractivity contribution < 1.29 is 4.74 Å². The Kier molecular flexibility index (Phi) is 4.84. The van der Waals surface area contributed by atoms with Gasteiger partial charge in [-0.15, -0.1) is 0 Å². The number of aromatic nitrogens is 4. The predicted molar refractivity (Wildman–Crippen MR) is 93.2 cm³/mol. The number of benzene rings is 1. The van der Waals surface area contributed by atoms with Crippen molar-refractivity contribution in [1.82, 2.24) is 19.9 Å². The highest BCUT2D eigenvalue weighted by molar-refractivity contribution is 5.76. The zero-order valence-corrected chi connectivity index (χ0v) is 13.9. The number of H-pyrrole nitrogens is 1. The van der Waals surface area contributed by atoms with E-state index in [9.17, 15) is 4.79 Å². The van der Waals surface area contributed by atoms with Crippen molar-refractivity contribution >= 4 is 11.0 Å². The van der Waals surface area contributed by atoms with Gasteiger partial charge in [-0.3, -0.25) is 4.79 Å². The molecule has 2 heterocycles. The minimum atomic E-state index is -0.247. The molecule has 0 saturated carbocycles. The number of aryl methyl sites for hydroxylation is 1. The van der Waals surface area contributed by atoms with Gasteiger partial charge in [0.25, 0.3) is 5.56 Å². The largest absolute Gasteiger partial charge is 0.493 e. The molecule has 6 nitrogen and oxygen atoms in total. The highest BCUT2D eigenvalue weighted by Gasteiger charge is 2.12. The van der Waals surface area contributed by atoms with Crippen molar-refractivity contribution in [3.05, 3.63) is 46.6 Å². The molecule has 0 saturated heterocycles. The van der Waals surface area contributed by atoms with E-state index in [1.165, 1.54) is 0 Å². The lowest BCUT2D eigenvalue weighted by molar-refractivity contribution is 0.318. The predicted octanol–water partition coefficient (Wildman–Crippen LogP) is 3.12. The van der Waals surface area contributed by atoms with E-state index in [-0.39, 0.29) is 5.56 Å². The van der Waals surface area contributed by atoms with Gasteiger partial charge < -0.3 is 9.72 Å². The average Bonchev–Trinajstić information content (AvgIpc) is 2.60. The fraction of sp³-hybridized carbons (Fsp3) is 0.333. The molecule has 0 fully saturated rings. The van der Waals surface area contributed by atoms with Crippen LogP contribution in [0.3, 0.4) is 0 Å². The second-order valence-electron chi connectivity index (χ2n) is 5.53. The van der Waals surface area contributed by atoms with Crippen LogP contribution in [0.1, 0.15) is 32.5 Å². The maximum atomic E-state index is 12.4. The van der Waals surface area contributed by atoms with E-state index >= 15 is 0 Å². The number of fused-ring (bicyclic) bond motifs is 1. The Bertz CT molecular complexity index is 905. The molecule has 0 unspecified atom stereocenters. The van der Waals surface area contributed by atoms with Crippen molar-refractivity contribution in [3.63, 3.8) is 0 Å². The van der Waals surface area contributed by atoms with Crippen LogP contribution in [0, 0.1) is 0 Å². The Morgan fingerprint density at radius 3 is 2.75 bits per heavy atom. The summed E-state index contributed by atoms with van der Waals surface area (Å²) in [5.74, 6) is 1.86. The SMILES string of the molecule is CCCOc1ccccc1-c1nc2nc(CCC)ncc2c(=O)[nH]1. The first-order valence-corrected chi connectivity index (χ1v) is 8.21. The first-order chi connectivity index (χ1) is 11.7. The van der Waals surface area contributed by atoms with Crippen LogP contribution in [0.25, 0.3) is 22.4 Å². The molecule has 124 valence electrons. The molecule has 1 aromatic carbocycles. The van der Waals surface area contributed by atoms with Gasteiger partial charge in [0.05, 0.1) is 12.2 Å². The quantitative estimate of drug-likeness (QED) is 0.753. The average molecular weight is 324 g/mol. The van der Waals surface area contributed by atoms with Gasteiger partial charge in [0, 0.05) is 12.6 Å². The van der Waals surface area contributed by atoms with Gasteiger partial charge in [-0.25, -0.2) is 15.0 Å². The summed E-state index contributed by atoms with van der Waals surface area (Å²) in [4.78, 5) is 28.3. The normalized spacial score (nSPS) is 10.9. The summed E-state index contributed by atoms with van der Waals surface area (Å²) in [6.07, 6.45) is 4.15. The first-order valence-electron chi connectivity index (χ1n) is 8.21. The maximum absolute atomic E-state index is 12.4. The van der Waals surface area contributed by atoms with Crippen molar-refractivity contribution in [2.75, 3.05) is 6.61 Å². The molecule has 3 aromatic rings. The Labute approximate surface area is 140 Å². The second kappa shape index (κ2) is 7.21. The van der Waals surface area contributed by atoms with Gasteiger partial charge >= 0.3 is 0 Å². The number of aromatic amines is 1. The van der Waals surface area contributed by atoms with Crippen molar-refractivity contribution in [3.8, 4) is 17.1 Å². The third-order valence-corrected chi connectivity index (χ3v) is 3.59. The Morgan fingerprint density at radius 1 is 1.12 bits per heavy atom. The van der Waals surface area contributed by atoms with Crippen molar-refractivity contribution in [2.24, 2.45) is 0 Å². The second-order valence-corrected chi connectivity index (χ2v) is 5.53. The molecule has 3 rings (SSSR count). The molecule has 0 aliphatic carbocycles. The third kappa shape index (κ3) is 3.27. The first kappa shape index (κ1) is 16.1. The Morgan fingerprint density at radius 2 is 1.96 bits per heavy atom. The number of rotatable bonds is 6. The summed E-state index contributed by atoms with van der Waals surface area (Å²) < 4.78 is 5.76. The van der Waals surface area contributed by atoms with E-state index in [4.69, 9.17) is 4.74 Å². The molecule has 0 radical (unpaired) electrons. The minimum absolute atomic E-state index is 0.247. The van der Waals surface area contributed by atoms with Gasteiger partial charge in [-0.1, -0.05) is 26.0 Å². The lowest BCUT2D eigenvalue weighted by atomic mass is 10.2. The van der Waals surface area contributed by atoms with Crippen molar-refractivity contribution in [1.29, 1.82) is 0 Å². The monoisotopic (exact) mass is 324 g/mol. The van der Waals surface area contributed by atoms with Gasteiger partial charge in [0.1, 0.15) is 22.8 Å². The molecule has 0 aliphatic heterocycles. The molecule has 0 aliphatic rings. The molecular formula is C18H20N4O2. The van der Waals surface area contributed by atoms with Crippen LogP contribution in [-0.2, 0) is 6.42 Å². The van der Waals surface area contributed by atoms with Crippen LogP contribution in [0.15, 0.2) is 35.3 Å². The van der Waals surface area contributed by atoms with Crippen LogP contribution in [0.5, 0.6) is 5.75 Å². The van der Waals surface area contributed by atoms with Crippen LogP contribution < -0.4 is 10.3 Å². The van der Waals surface area contributed by atoms with E-state index in [0.29, 0.717) is 35.0 Å². The Hall–Kier alpha value is -2.76. The lowest BCUT2D eigenvalue weighted by Crippen LogP contribution is -2.12. The van der Waals surface area contributed by atoms with E-state index in [0.717, 1.165) is 24.8 Å². The highest BCUT2D eigenvalue weighted by atomic mass is 16.5. The fourth-order valence-corrected chi connectivity index (χ4v) is 2.43. The van der Waals surface area contributed by atoms with Crippen LogP contribution >= 0.6 is 0 Å². The Balaban J connectivity index is 2.11. The number of nitrogens with zero attached hydrogens (tertiary/aromatic N) is 3. The van der Waals surface area contributed by atoms with Crippen molar-refractivity contribution in [2.45, 2.75) is 33.1 Å². The van der Waals surface area contributed by atoms with Gasteiger partial charge in [-0.05, 0) is 25.0 Å². The molecule has 0 atom stereocenters. The van der Waals surface area contributed by atoms with Gasteiger partial charge in [0.15, 0.2) is 5.65 Å². The lowest BCUT2D eigenvalue weighted by Gasteiger charge is -2.10. The zero-order valence-electron chi connectivity index (χ0n) is 13.9. The molecule has 6 heteroatoms. The summed E-state index contributed by atoms with van der Waals surface area (Å²) >= 11 is 0. The summed E-state index contributed by atoms with van der Waals surface area (Å²) in [7, 11) is 0. The van der Waals surface area contributed by atoms with Crippen LogP contribution in [0.2, 0.25) is 0 Å². The highest BCUT2D eigenvalue weighted by Crippen LogP contribution is 2.27. The number of ether oxygens (including phenoxy) is 1. The molecule has 0 spiro atoms. The smallest absolute Gasteiger partial charge is 0.262 e. The minimum Gasteiger partial charge on any atom is -0.493 e. The molecular weight excluding hydrogens is 304 g/mol. The number of hydrogen-bond donors (Lipinski definition) is 1. The van der Waals surface area contributed by atoms with Crippen LogP contribution in [0.4, 0.5) is 0 Å². The number of para-hydroxylation sites is 1.